The highest BCUT2D eigenvalue weighted by Crippen LogP contribution is 2.28. The van der Waals surface area contributed by atoms with Crippen molar-refractivity contribution >= 4 is 17.6 Å². The zero-order valence-corrected chi connectivity index (χ0v) is 22.2. The quantitative estimate of drug-likeness (QED) is 0.313. The van der Waals surface area contributed by atoms with E-state index in [1.54, 1.807) is 24.8 Å². The lowest BCUT2D eigenvalue weighted by molar-refractivity contribution is -0.130. The topological polar surface area (TPSA) is 76.9 Å². The number of benzene rings is 3. The smallest absolute Gasteiger partial charge is 0.358 e. The predicted octanol–water partition coefficient (Wildman–Crippen LogP) is 4.62. The van der Waals surface area contributed by atoms with Crippen LogP contribution in [0.3, 0.4) is 0 Å². The maximum absolute atomic E-state index is 12.7. The standard InChI is InChI=1S/C31H32N4O4/c1-3-39-31(37)28-22-29(35(32-28)26-13-15-27(38-2)16-14-26)24-9-11-25(12-10-24)33-17-19-34(20-18-33)30(36)21-23-7-5-4-6-8-23/h4-16,22H,3,17-21H2,1-2H3. The van der Waals surface area contributed by atoms with Gasteiger partial charge in [0.1, 0.15) is 5.75 Å². The number of hydrogen-bond acceptors (Lipinski definition) is 6. The molecule has 200 valence electrons. The minimum absolute atomic E-state index is 0.167. The highest BCUT2D eigenvalue weighted by molar-refractivity contribution is 5.89. The van der Waals surface area contributed by atoms with Crippen molar-refractivity contribution in [2.24, 2.45) is 0 Å². The Morgan fingerprint density at radius 3 is 2.15 bits per heavy atom. The number of carbonyl (C=O) groups is 2. The monoisotopic (exact) mass is 524 g/mol. The van der Waals surface area contributed by atoms with Crippen molar-refractivity contribution < 1.29 is 19.1 Å². The molecule has 0 atom stereocenters. The molecule has 1 aliphatic heterocycles. The average Bonchev–Trinajstić information content (AvgIpc) is 3.44. The number of rotatable bonds is 8. The number of piperazine rings is 1. The third-order valence-electron chi connectivity index (χ3n) is 6.87. The zero-order chi connectivity index (χ0) is 27.2. The first-order chi connectivity index (χ1) is 19.1. The lowest BCUT2D eigenvalue weighted by atomic mass is 10.1. The molecule has 0 N–H and O–H groups in total. The molecular formula is C31H32N4O4. The Labute approximate surface area is 228 Å². The van der Waals surface area contributed by atoms with Gasteiger partial charge in [-0.1, -0.05) is 42.5 Å². The first-order valence-electron chi connectivity index (χ1n) is 13.1. The maximum atomic E-state index is 12.7. The Morgan fingerprint density at radius 1 is 0.846 bits per heavy atom. The molecule has 1 fully saturated rings. The van der Waals surface area contributed by atoms with Gasteiger partial charge in [-0.15, -0.1) is 0 Å². The fourth-order valence-corrected chi connectivity index (χ4v) is 4.75. The van der Waals surface area contributed by atoms with Crippen molar-refractivity contribution in [3.63, 3.8) is 0 Å². The Morgan fingerprint density at radius 2 is 1.51 bits per heavy atom. The second-order valence-electron chi connectivity index (χ2n) is 9.32. The summed E-state index contributed by atoms with van der Waals surface area (Å²) in [7, 11) is 1.62. The first kappa shape index (κ1) is 26.0. The van der Waals surface area contributed by atoms with Crippen molar-refractivity contribution in [1.82, 2.24) is 14.7 Å². The molecule has 1 amide bonds. The lowest BCUT2D eigenvalue weighted by Gasteiger charge is -2.36. The number of ether oxygens (including phenoxy) is 2. The molecule has 0 radical (unpaired) electrons. The molecule has 2 heterocycles. The molecule has 8 nitrogen and oxygen atoms in total. The molecule has 0 aliphatic carbocycles. The minimum Gasteiger partial charge on any atom is -0.497 e. The van der Waals surface area contributed by atoms with Crippen molar-refractivity contribution in [3.8, 4) is 22.7 Å². The second-order valence-corrected chi connectivity index (χ2v) is 9.32. The van der Waals surface area contributed by atoms with E-state index in [2.05, 4.69) is 22.1 Å². The summed E-state index contributed by atoms with van der Waals surface area (Å²) in [4.78, 5) is 29.4. The number of esters is 1. The summed E-state index contributed by atoms with van der Waals surface area (Å²) in [5.41, 5.74) is 4.90. The van der Waals surface area contributed by atoms with E-state index in [1.165, 1.54) is 0 Å². The molecule has 0 spiro atoms. The van der Waals surface area contributed by atoms with Gasteiger partial charge in [0.25, 0.3) is 0 Å². The minimum atomic E-state index is -0.456. The van der Waals surface area contributed by atoms with Crippen LogP contribution in [-0.2, 0) is 16.0 Å². The van der Waals surface area contributed by atoms with Crippen molar-refractivity contribution in [2.45, 2.75) is 13.3 Å². The van der Waals surface area contributed by atoms with E-state index >= 15 is 0 Å². The summed E-state index contributed by atoms with van der Waals surface area (Å²) in [6.45, 7) is 4.99. The number of carbonyl (C=O) groups excluding carboxylic acids is 2. The van der Waals surface area contributed by atoms with E-state index < -0.39 is 5.97 Å². The van der Waals surface area contributed by atoms with Crippen LogP contribution in [0.4, 0.5) is 5.69 Å². The van der Waals surface area contributed by atoms with Gasteiger partial charge < -0.3 is 19.3 Å². The van der Waals surface area contributed by atoms with E-state index in [9.17, 15) is 9.59 Å². The fraction of sp³-hybridized carbons (Fsp3) is 0.258. The SMILES string of the molecule is CCOC(=O)c1cc(-c2ccc(N3CCN(C(=O)Cc4ccccc4)CC3)cc2)n(-c2ccc(OC)cc2)n1. The number of anilines is 1. The van der Waals surface area contributed by atoms with Crippen molar-refractivity contribution in [3.05, 3.63) is 96.2 Å². The molecular weight excluding hydrogens is 492 g/mol. The maximum Gasteiger partial charge on any atom is 0.358 e. The van der Waals surface area contributed by atoms with E-state index in [1.807, 2.05) is 71.6 Å². The summed E-state index contributed by atoms with van der Waals surface area (Å²) in [5, 5.41) is 4.55. The third-order valence-corrected chi connectivity index (χ3v) is 6.87. The van der Waals surface area contributed by atoms with Crippen LogP contribution in [0.1, 0.15) is 23.0 Å². The summed E-state index contributed by atoms with van der Waals surface area (Å²) in [5.74, 6) is 0.451. The predicted molar refractivity (Wildman–Crippen MR) is 150 cm³/mol. The fourth-order valence-electron chi connectivity index (χ4n) is 4.75. The van der Waals surface area contributed by atoms with Gasteiger partial charge in [-0.3, -0.25) is 4.79 Å². The summed E-state index contributed by atoms with van der Waals surface area (Å²) in [6.07, 6.45) is 0.436. The van der Waals surface area contributed by atoms with E-state index in [0.717, 1.165) is 47.0 Å². The normalized spacial score (nSPS) is 13.3. The highest BCUT2D eigenvalue weighted by Gasteiger charge is 2.22. The summed E-state index contributed by atoms with van der Waals surface area (Å²) < 4.78 is 12.2. The van der Waals surface area contributed by atoms with Crippen LogP contribution in [0, 0.1) is 0 Å². The van der Waals surface area contributed by atoms with E-state index in [4.69, 9.17) is 9.47 Å². The largest absolute Gasteiger partial charge is 0.497 e. The van der Waals surface area contributed by atoms with Crippen molar-refractivity contribution in [1.29, 1.82) is 0 Å². The van der Waals surface area contributed by atoms with Crippen molar-refractivity contribution in [2.75, 3.05) is 44.8 Å². The van der Waals surface area contributed by atoms with Crippen LogP contribution in [0.25, 0.3) is 16.9 Å². The molecule has 39 heavy (non-hydrogen) atoms. The third kappa shape index (κ3) is 5.95. The number of aromatic nitrogens is 2. The number of hydrogen-bond donors (Lipinski definition) is 0. The van der Waals surface area contributed by atoms with Gasteiger partial charge in [-0.05, 0) is 55.0 Å². The van der Waals surface area contributed by atoms with E-state index in [-0.39, 0.29) is 18.2 Å². The van der Waals surface area contributed by atoms with Gasteiger partial charge in [-0.25, -0.2) is 9.48 Å². The van der Waals surface area contributed by atoms with Crippen LogP contribution in [0.15, 0.2) is 84.9 Å². The Hall–Kier alpha value is -4.59. The van der Waals surface area contributed by atoms with Crippen LogP contribution in [0.5, 0.6) is 5.75 Å². The molecule has 1 saturated heterocycles. The van der Waals surface area contributed by atoms with Gasteiger partial charge in [0.2, 0.25) is 5.91 Å². The summed E-state index contributed by atoms with van der Waals surface area (Å²) >= 11 is 0. The van der Waals surface area contributed by atoms with Gasteiger partial charge in [0, 0.05) is 37.4 Å². The second kappa shape index (κ2) is 11.9. The Bertz CT molecular complexity index is 1410. The van der Waals surface area contributed by atoms with Crippen LogP contribution in [0.2, 0.25) is 0 Å². The molecule has 4 aromatic rings. The Balaban J connectivity index is 1.31. The molecule has 0 saturated carbocycles. The van der Waals surface area contributed by atoms with Crippen LogP contribution in [-0.4, -0.2) is 66.5 Å². The number of amides is 1. The number of nitrogens with zero attached hydrogens (tertiary/aromatic N) is 4. The highest BCUT2D eigenvalue weighted by atomic mass is 16.5. The van der Waals surface area contributed by atoms with Crippen LogP contribution < -0.4 is 9.64 Å². The molecule has 5 rings (SSSR count). The lowest BCUT2D eigenvalue weighted by Crippen LogP contribution is -2.49. The number of methoxy groups -OCH3 is 1. The van der Waals surface area contributed by atoms with Gasteiger partial charge >= 0.3 is 5.97 Å². The molecule has 1 aliphatic rings. The molecule has 3 aromatic carbocycles. The molecule has 1 aromatic heterocycles. The summed E-state index contributed by atoms with van der Waals surface area (Å²) in [6, 6.07) is 27.4. The molecule has 8 heteroatoms. The molecule has 0 bridgehead atoms. The molecule has 0 unspecified atom stereocenters. The Kier molecular flexibility index (Phi) is 7.91. The van der Waals surface area contributed by atoms with E-state index in [0.29, 0.717) is 19.5 Å². The van der Waals surface area contributed by atoms with Gasteiger partial charge in [0.15, 0.2) is 5.69 Å². The van der Waals surface area contributed by atoms with Gasteiger partial charge in [-0.2, -0.15) is 5.10 Å². The first-order valence-corrected chi connectivity index (χ1v) is 13.1. The zero-order valence-electron chi connectivity index (χ0n) is 22.2. The van der Waals surface area contributed by atoms with Crippen LogP contribution >= 0.6 is 0 Å². The average molecular weight is 525 g/mol. The van der Waals surface area contributed by atoms with Gasteiger partial charge in [0.05, 0.1) is 31.5 Å².